The van der Waals surface area contributed by atoms with E-state index in [-0.39, 0.29) is 11.1 Å². The van der Waals surface area contributed by atoms with E-state index >= 15 is 0 Å². The highest BCUT2D eigenvalue weighted by molar-refractivity contribution is 6.01. The third-order valence-electron chi connectivity index (χ3n) is 3.26. The molecule has 0 N–H and O–H groups in total. The van der Waals surface area contributed by atoms with Crippen molar-refractivity contribution in [3.63, 3.8) is 0 Å². The fourth-order valence-corrected chi connectivity index (χ4v) is 2.08. The van der Waals surface area contributed by atoms with Crippen molar-refractivity contribution in [3.05, 3.63) is 71.5 Å². The van der Waals surface area contributed by atoms with Crippen molar-refractivity contribution in [2.24, 2.45) is 0 Å². The molecule has 0 aliphatic rings. The summed E-state index contributed by atoms with van der Waals surface area (Å²) in [6.45, 7) is 0. The van der Waals surface area contributed by atoms with Crippen LogP contribution in [0.5, 0.6) is 0 Å². The minimum Gasteiger partial charge on any atom is -0.287 e. The Kier molecular flexibility index (Phi) is 4.62. The average molecular weight is 303 g/mol. The lowest BCUT2D eigenvalue weighted by Gasteiger charge is -2.18. The van der Waals surface area contributed by atoms with E-state index in [1.54, 1.807) is 12.1 Å². The van der Waals surface area contributed by atoms with Crippen LogP contribution in [0.4, 0.5) is 13.2 Å². The van der Waals surface area contributed by atoms with Crippen LogP contribution in [0.2, 0.25) is 0 Å². The summed E-state index contributed by atoms with van der Waals surface area (Å²) in [5, 5.41) is 9.08. The molecule has 1 atom stereocenters. The van der Waals surface area contributed by atoms with E-state index in [2.05, 4.69) is 0 Å². The molecule has 2 aromatic carbocycles. The van der Waals surface area contributed by atoms with Gasteiger partial charge in [-0.2, -0.15) is 14.0 Å². The zero-order valence-electron chi connectivity index (χ0n) is 11.5. The molecule has 2 nitrogen and oxygen atoms in total. The van der Waals surface area contributed by atoms with Crippen LogP contribution < -0.4 is 0 Å². The van der Waals surface area contributed by atoms with E-state index in [1.807, 2.05) is 0 Å². The van der Waals surface area contributed by atoms with Crippen molar-refractivity contribution in [3.8, 4) is 6.07 Å². The highest BCUT2D eigenvalue weighted by Gasteiger charge is 2.41. The Balaban J connectivity index is 2.21. The number of alkyl halides is 2. The van der Waals surface area contributed by atoms with Crippen molar-refractivity contribution in [2.75, 3.05) is 0 Å². The summed E-state index contributed by atoms with van der Waals surface area (Å²) in [4.78, 5) is 11.9. The van der Waals surface area contributed by atoms with E-state index in [9.17, 15) is 18.0 Å². The van der Waals surface area contributed by atoms with E-state index in [0.717, 1.165) is 12.1 Å². The third-order valence-corrected chi connectivity index (χ3v) is 3.26. The number of nitriles is 1. The summed E-state index contributed by atoms with van der Waals surface area (Å²) in [5.74, 6) is -6.71. The van der Waals surface area contributed by atoms with E-state index in [4.69, 9.17) is 5.26 Å². The standard InChI is InChI=1S/C17H12F3NO/c18-15-8-6-12(7-9-15)14(11-21)10-17(19,20)16(22)13-4-2-1-3-5-13/h1-9,14H,10H2. The predicted octanol–water partition coefficient (Wildman–Crippen LogP) is 4.34. The maximum absolute atomic E-state index is 14.1. The molecule has 5 heteroatoms. The number of halogens is 3. The normalized spacial score (nSPS) is 12.5. The van der Waals surface area contributed by atoms with Crippen LogP contribution in [-0.2, 0) is 0 Å². The largest absolute Gasteiger partial charge is 0.311 e. The highest BCUT2D eigenvalue weighted by Crippen LogP contribution is 2.32. The minimum atomic E-state index is -3.67. The van der Waals surface area contributed by atoms with Gasteiger partial charge in [0.1, 0.15) is 5.82 Å². The number of ketones is 1. The summed E-state index contributed by atoms with van der Waals surface area (Å²) < 4.78 is 41.1. The second-order valence-electron chi connectivity index (χ2n) is 4.84. The SMILES string of the molecule is N#CC(CC(F)(F)C(=O)c1ccccc1)c1ccc(F)cc1. The first kappa shape index (κ1) is 15.8. The van der Waals surface area contributed by atoms with Gasteiger partial charge in [-0.3, -0.25) is 4.79 Å². The van der Waals surface area contributed by atoms with E-state index < -0.39 is 29.9 Å². The summed E-state index contributed by atoms with van der Waals surface area (Å²) >= 11 is 0. The Morgan fingerprint density at radius 3 is 2.23 bits per heavy atom. The molecule has 0 amide bonds. The molecule has 2 aromatic rings. The van der Waals surface area contributed by atoms with Gasteiger partial charge in [0.2, 0.25) is 5.78 Å². The molecule has 0 fully saturated rings. The van der Waals surface area contributed by atoms with Gasteiger partial charge in [0.25, 0.3) is 0 Å². The minimum absolute atomic E-state index is 0.108. The maximum atomic E-state index is 14.1. The molecule has 0 radical (unpaired) electrons. The van der Waals surface area contributed by atoms with Crippen molar-refractivity contribution in [2.45, 2.75) is 18.3 Å². The second-order valence-corrected chi connectivity index (χ2v) is 4.84. The Bertz CT molecular complexity index is 690. The first-order chi connectivity index (χ1) is 10.4. The fraction of sp³-hybridized carbons (Fsp3) is 0.176. The lowest BCUT2D eigenvalue weighted by Crippen LogP contribution is -2.30. The topological polar surface area (TPSA) is 40.9 Å². The highest BCUT2D eigenvalue weighted by atomic mass is 19.3. The van der Waals surface area contributed by atoms with Gasteiger partial charge in [-0.1, -0.05) is 42.5 Å². The summed E-state index contributed by atoms with van der Waals surface area (Å²) in [7, 11) is 0. The number of hydrogen-bond acceptors (Lipinski definition) is 2. The van der Waals surface area contributed by atoms with Crippen LogP contribution >= 0.6 is 0 Å². The zero-order chi connectivity index (χ0) is 16.2. The molecule has 0 heterocycles. The summed E-state index contributed by atoms with van der Waals surface area (Å²) in [6.07, 6.45) is -0.942. The van der Waals surface area contributed by atoms with Crippen LogP contribution in [0.15, 0.2) is 54.6 Å². The molecule has 112 valence electrons. The first-order valence-electron chi connectivity index (χ1n) is 6.57. The third kappa shape index (κ3) is 3.53. The van der Waals surface area contributed by atoms with Crippen LogP contribution in [-0.4, -0.2) is 11.7 Å². The fourth-order valence-electron chi connectivity index (χ4n) is 2.08. The van der Waals surface area contributed by atoms with Gasteiger partial charge in [0, 0.05) is 12.0 Å². The van der Waals surface area contributed by atoms with Crippen molar-refractivity contribution in [1.29, 1.82) is 5.26 Å². The number of hydrogen-bond donors (Lipinski definition) is 0. The van der Waals surface area contributed by atoms with Gasteiger partial charge in [-0.05, 0) is 17.7 Å². The number of nitrogens with zero attached hydrogens (tertiary/aromatic N) is 1. The number of benzene rings is 2. The Hall–Kier alpha value is -2.61. The van der Waals surface area contributed by atoms with Gasteiger partial charge < -0.3 is 0 Å². The molecule has 0 saturated carbocycles. The van der Waals surface area contributed by atoms with Gasteiger partial charge >= 0.3 is 5.92 Å². The quantitative estimate of drug-likeness (QED) is 0.771. The Morgan fingerprint density at radius 1 is 1.09 bits per heavy atom. The van der Waals surface area contributed by atoms with Crippen molar-refractivity contribution < 1.29 is 18.0 Å². The molecule has 0 spiro atoms. The lowest BCUT2D eigenvalue weighted by molar-refractivity contribution is 0.00316. The number of carbonyl (C=O) groups excluding carboxylic acids is 1. The van der Waals surface area contributed by atoms with Gasteiger partial charge in [-0.15, -0.1) is 0 Å². The molecule has 0 bridgehead atoms. The average Bonchev–Trinajstić information content (AvgIpc) is 2.53. The molecule has 1 unspecified atom stereocenters. The molecule has 0 aliphatic heterocycles. The molecule has 2 rings (SSSR count). The van der Waals surface area contributed by atoms with Gasteiger partial charge in [-0.25, -0.2) is 4.39 Å². The van der Waals surface area contributed by atoms with E-state index in [0.29, 0.717) is 0 Å². The Labute approximate surface area is 125 Å². The molecule has 0 aliphatic carbocycles. The second kappa shape index (κ2) is 6.44. The lowest BCUT2D eigenvalue weighted by atomic mass is 9.91. The molecule has 0 saturated heterocycles. The predicted molar refractivity (Wildman–Crippen MR) is 75.1 cm³/mol. The number of rotatable bonds is 5. The van der Waals surface area contributed by atoms with Crippen molar-refractivity contribution >= 4 is 5.78 Å². The maximum Gasteiger partial charge on any atom is 0.311 e. The van der Waals surface area contributed by atoms with Crippen LogP contribution in [0, 0.1) is 17.1 Å². The van der Waals surface area contributed by atoms with Gasteiger partial charge in [0.15, 0.2) is 0 Å². The van der Waals surface area contributed by atoms with E-state index in [1.165, 1.54) is 36.4 Å². The van der Waals surface area contributed by atoms with Crippen LogP contribution in [0.25, 0.3) is 0 Å². The van der Waals surface area contributed by atoms with Crippen LogP contribution in [0.1, 0.15) is 28.3 Å². The number of carbonyl (C=O) groups is 1. The van der Waals surface area contributed by atoms with Gasteiger partial charge in [0.05, 0.1) is 12.0 Å². The molecular weight excluding hydrogens is 291 g/mol. The summed E-state index contributed by atoms with van der Waals surface area (Å²) in [5.41, 5.74) is 0.146. The first-order valence-corrected chi connectivity index (χ1v) is 6.57. The monoisotopic (exact) mass is 303 g/mol. The smallest absolute Gasteiger partial charge is 0.287 e. The van der Waals surface area contributed by atoms with Crippen LogP contribution in [0.3, 0.4) is 0 Å². The molecular formula is C17H12F3NO. The summed E-state index contributed by atoms with van der Waals surface area (Å²) in [6, 6.07) is 13.7. The Morgan fingerprint density at radius 2 is 1.68 bits per heavy atom. The molecule has 0 aromatic heterocycles. The number of Topliss-reactive ketones (excluding diaryl/α,β-unsaturated/α-hetero) is 1. The zero-order valence-corrected chi connectivity index (χ0v) is 11.5. The van der Waals surface area contributed by atoms with Crippen molar-refractivity contribution in [1.82, 2.24) is 0 Å². The molecule has 22 heavy (non-hydrogen) atoms.